The molecule has 4 heteroatoms. The summed E-state index contributed by atoms with van der Waals surface area (Å²) in [6, 6.07) is 2.04. The van der Waals surface area contributed by atoms with Gasteiger partial charge in [0, 0.05) is 23.2 Å². The molecule has 0 spiro atoms. The van der Waals surface area contributed by atoms with Crippen LogP contribution in [0.5, 0.6) is 0 Å². The smallest absolute Gasteiger partial charge is 0.132 e. The minimum absolute atomic E-state index is 0.379. The standard InChI is InChI=1S/C12H19ClN2S/c1-8(2)12-14-10(4)5-11(15-12)16-7-9(3)6-13/h5,8-9H,6-7H2,1-4H3. The van der Waals surface area contributed by atoms with Crippen LogP contribution in [0.15, 0.2) is 11.1 Å². The van der Waals surface area contributed by atoms with Gasteiger partial charge in [-0.25, -0.2) is 9.97 Å². The third-order valence-corrected chi connectivity index (χ3v) is 3.91. The fourth-order valence-electron chi connectivity index (χ4n) is 1.17. The van der Waals surface area contributed by atoms with E-state index in [1.807, 2.05) is 13.0 Å². The highest BCUT2D eigenvalue weighted by molar-refractivity contribution is 7.99. The lowest BCUT2D eigenvalue weighted by atomic mass is 10.2. The third-order valence-electron chi connectivity index (χ3n) is 2.14. The van der Waals surface area contributed by atoms with Crippen LogP contribution in [0.1, 0.15) is 38.2 Å². The molecule has 0 saturated carbocycles. The molecule has 1 heterocycles. The van der Waals surface area contributed by atoms with Gasteiger partial charge in [-0.15, -0.1) is 23.4 Å². The molecule has 0 aliphatic heterocycles. The summed E-state index contributed by atoms with van der Waals surface area (Å²) in [6.45, 7) is 8.40. The molecule has 1 aromatic heterocycles. The fourth-order valence-corrected chi connectivity index (χ4v) is 2.39. The van der Waals surface area contributed by atoms with E-state index in [1.54, 1.807) is 11.8 Å². The molecular weight excluding hydrogens is 240 g/mol. The summed E-state index contributed by atoms with van der Waals surface area (Å²) in [5, 5.41) is 1.06. The Kier molecular flexibility index (Phi) is 5.56. The maximum Gasteiger partial charge on any atom is 0.132 e. The summed E-state index contributed by atoms with van der Waals surface area (Å²) < 4.78 is 0. The van der Waals surface area contributed by atoms with Gasteiger partial charge in [0.1, 0.15) is 5.82 Å². The molecule has 0 aliphatic rings. The predicted molar refractivity (Wildman–Crippen MR) is 71.5 cm³/mol. The normalized spacial score (nSPS) is 13.1. The molecule has 2 nitrogen and oxygen atoms in total. The molecule has 0 amide bonds. The summed E-state index contributed by atoms with van der Waals surface area (Å²) in [4.78, 5) is 8.98. The van der Waals surface area contributed by atoms with Gasteiger partial charge in [0.25, 0.3) is 0 Å². The van der Waals surface area contributed by atoms with E-state index in [4.69, 9.17) is 11.6 Å². The molecule has 0 N–H and O–H groups in total. The number of alkyl halides is 1. The van der Waals surface area contributed by atoms with E-state index in [0.29, 0.717) is 17.7 Å². The monoisotopic (exact) mass is 258 g/mol. The summed E-state index contributed by atoms with van der Waals surface area (Å²) >= 11 is 7.55. The number of hydrogen-bond donors (Lipinski definition) is 0. The van der Waals surface area contributed by atoms with Gasteiger partial charge in [-0.05, 0) is 18.9 Å². The van der Waals surface area contributed by atoms with Crippen LogP contribution < -0.4 is 0 Å². The van der Waals surface area contributed by atoms with Crippen molar-refractivity contribution in [3.05, 3.63) is 17.6 Å². The lowest BCUT2D eigenvalue weighted by Gasteiger charge is -2.09. The molecule has 90 valence electrons. The lowest BCUT2D eigenvalue weighted by Crippen LogP contribution is -2.03. The zero-order chi connectivity index (χ0) is 12.1. The summed E-state index contributed by atoms with van der Waals surface area (Å²) in [5.41, 5.74) is 1.04. The Morgan fingerprint density at radius 2 is 2.00 bits per heavy atom. The van der Waals surface area contributed by atoms with Crippen LogP contribution in [0.4, 0.5) is 0 Å². The maximum absolute atomic E-state index is 5.79. The number of aromatic nitrogens is 2. The Hall–Kier alpha value is -0.280. The van der Waals surface area contributed by atoms with Crippen LogP contribution >= 0.6 is 23.4 Å². The summed E-state index contributed by atoms with van der Waals surface area (Å²) in [6.07, 6.45) is 0. The Bertz CT molecular complexity index is 342. The quantitative estimate of drug-likeness (QED) is 0.455. The Morgan fingerprint density at radius 3 is 2.56 bits per heavy atom. The number of nitrogens with zero attached hydrogens (tertiary/aromatic N) is 2. The highest BCUT2D eigenvalue weighted by Crippen LogP contribution is 2.21. The van der Waals surface area contributed by atoms with Crippen molar-refractivity contribution >= 4 is 23.4 Å². The van der Waals surface area contributed by atoms with Crippen LogP contribution in [0.25, 0.3) is 0 Å². The van der Waals surface area contributed by atoms with Gasteiger partial charge in [0.05, 0.1) is 5.03 Å². The van der Waals surface area contributed by atoms with Crippen LogP contribution in [-0.4, -0.2) is 21.6 Å². The van der Waals surface area contributed by atoms with Gasteiger partial charge in [0.15, 0.2) is 0 Å². The van der Waals surface area contributed by atoms with E-state index in [0.717, 1.165) is 22.3 Å². The fraction of sp³-hybridized carbons (Fsp3) is 0.667. The first-order valence-electron chi connectivity index (χ1n) is 5.57. The minimum Gasteiger partial charge on any atom is -0.238 e. The number of rotatable bonds is 5. The van der Waals surface area contributed by atoms with Crippen molar-refractivity contribution in [1.29, 1.82) is 0 Å². The molecule has 0 fully saturated rings. The number of aryl methyl sites for hydroxylation is 1. The van der Waals surface area contributed by atoms with Crippen LogP contribution in [0.3, 0.4) is 0 Å². The van der Waals surface area contributed by atoms with Crippen molar-refractivity contribution in [2.24, 2.45) is 5.92 Å². The summed E-state index contributed by atoms with van der Waals surface area (Å²) in [5.74, 6) is 3.54. The van der Waals surface area contributed by atoms with E-state index >= 15 is 0 Å². The second-order valence-electron chi connectivity index (χ2n) is 4.43. The van der Waals surface area contributed by atoms with Gasteiger partial charge in [0.2, 0.25) is 0 Å². The van der Waals surface area contributed by atoms with Crippen molar-refractivity contribution < 1.29 is 0 Å². The van der Waals surface area contributed by atoms with Gasteiger partial charge in [-0.1, -0.05) is 20.8 Å². The highest BCUT2D eigenvalue weighted by atomic mass is 35.5. The van der Waals surface area contributed by atoms with Crippen LogP contribution in [0, 0.1) is 12.8 Å². The van der Waals surface area contributed by atoms with Gasteiger partial charge >= 0.3 is 0 Å². The lowest BCUT2D eigenvalue weighted by molar-refractivity contribution is 0.738. The van der Waals surface area contributed by atoms with Crippen LogP contribution in [-0.2, 0) is 0 Å². The average Bonchev–Trinajstić information content (AvgIpc) is 2.25. The van der Waals surface area contributed by atoms with Crippen molar-refractivity contribution in [1.82, 2.24) is 9.97 Å². The Labute approximate surface area is 107 Å². The van der Waals surface area contributed by atoms with Gasteiger partial charge < -0.3 is 0 Å². The molecule has 1 aromatic rings. The highest BCUT2D eigenvalue weighted by Gasteiger charge is 2.08. The minimum atomic E-state index is 0.379. The SMILES string of the molecule is Cc1cc(SCC(C)CCl)nc(C(C)C)n1. The van der Waals surface area contributed by atoms with Gasteiger partial charge in [-0.3, -0.25) is 0 Å². The zero-order valence-electron chi connectivity index (χ0n) is 10.3. The summed E-state index contributed by atoms with van der Waals surface area (Å²) in [7, 11) is 0. The molecule has 1 rings (SSSR count). The Morgan fingerprint density at radius 1 is 1.31 bits per heavy atom. The van der Waals surface area contributed by atoms with E-state index in [1.165, 1.54) is 0 Å². The molecule has 16 heavy (non-hydrogen) atoms. The van der Waals surface area contributed by atoms with Crippen LogP contribution in [0.2, 0.25) is 0 Å². The number of thioether (sulfide) groups is 1. The molecular formula is C12H19ClN2S. The van der Waals surface area contributed by atoms with Crippen molar-refractivity contribution in [2.75, 3.05) is 11.6 Å². The molecule has 1 atom stereocenters. The van der Waals surface area contributed by atoms with Crippen molar-refractivity contribution in [3.63, 3.8) is 0 Å². The van der Waals surface area contributed by atoms with Crippen molar-refractivity contribution in [3.8, 4) is 0 Å². The molecule has 0 saturated heterocycles. The zero-order valence-corrected chi connectivity index (χ0v) is 11.9. The van der Waals surface area contributed by atoms with E-state index < -0.39 is 0 Å². The molecule has 0 radical (unpaired) electrons. The largest absolute Gasteiger partial charge is 0.238 e. The average molecular weight is 259 g/mol. The number of hydrogen-bond acceptors (Lipinski definition) is 3. The second kappa shape index (κ2) is 6.45. The van der Waals surface area contributed by atoms with Crippen molar-refractivity contribution in [2.45, 2.75) is 38.6 Å². The second-order valence-corrected chi connectivity index (χ2v) is 5.78. The molecule has 0 aromatic carbocycles. The molecule has 1 unspecified atom stereocenters. The topological polar surface area (TPSA) is 25.8 Å². The first-order valence-corrected chi connectivity index (χ1v) is 7.09. The maximum atomic E-state index is 5.79. The Balaban J connectivity index is 2.72. The van der Waals surface area contributed by atoms with E-state index in [2.05, 4.69) is 30.7 Å². The van der Waals surface area contributed by atoms with E-state index in [-0.39, 0.29) is 0 Å². The molecule has 0 aliphatic carbocycles. The number of halogens is 1. The first kappa shape index (κ1) is 13.8. The predicted octanol–water partition coefficient (Wildman–Crippen LogP) is 3.88. The first-order chi connectivity index (χ1) is 7.52. The van der Waals surface area contributed by atoms with Gasteiger partial charge in [-0.2, -0.15) is 0 Å². The molecule has 0 bridgehead atoms. The van der Waals surface area contributed by atoms with E-state index in [9.17, 15) is 0 Å². The third kappa shape index (κ3) is 4.30.